The van der Waals surface area contributed by atoms with Crippen molar-refractivity contribution in [2.24, 2.45) is 5.84 Å². The highest BCUT2D eigenvalue weighted by atomic mass is 32.2. The Kier molecular flexibility index (Phi) is 7.06. The lowest BCUT2D eigenvalue weighted by Gasteiger charge is -2.09. The summed E-state index contributed by atoms with van der Waals surface area (Å²) in [6, 6.07) is 5.01. The predicted octanol–water partition coefficient (Wildman–Crippen LogP) is 2.83. The molecule has 19 heavy (non-hydrogen) atoms. The van der Waals surface area contributed by atoms with Gasteiger partial charge < -0.3 is 10.7 Å². The monoisotopic (exact) mass is 284 g/mol. The molecule has 106 valence electrons. The number of hydrazine groups is 1. The summed E-state index contributed by atoms with van der Waals surface area (Å²) in [5.41, 5.74) is 3.17. The Balaban J connectivity index is 2.55. The zero-order valence-corrected chi connectivity index (χ0v) is 11.8. The minimum Gasteiger partial charge on any atom is -0.379 e. The second-order valence-electron chi connectivity index (χ2n) is 4.08. The van der Waals surface area contributed by atoms with Gasteiger partial charge >= 0.3 is 5.69 Å². The number of nitrogens with two attached hydrogens (primary N) is 1. The van der Waals surface area contributed by atoms with E-state index in [-0.39, 0.29) is 5.69 Å². The normalized spacial score (nSPS) is 10.2. The van der Waals surface area contributed by atoms with E-state index in [4.69, 9.17) is 5.84 Å². The molecule has 0 unspecified atom stereocenters. The van der Waals surface area contributed by atoms with Gasteiger partial charge in [0, 0.05) is 6.54 Å². The number of hydrogen-bond acceptors (Lipinski definition) is 6. The zero-order valence-electron chi connectivity index (χ0n) is 11.0. The first-order chi connectivity index (χ1) is 9.20. The number of hydrogen-bond donors (Lipinski definition) is 3. The molecule has 4 N–H and O–H groups in total. The molecular formula is C12H20N4O2S. The van der Waals surface area contributed by atoms with E-state index in [2.05, 4.69) is 17.0 Å². The molecule has 0 radical (unpaired) electrons. The maximum atomic E-state index is 11.0. The number of para-hydroxylation sites is 1. The summed E-state index contributed by atoms with van der Waals surface area (Å²) in [6.45, 7) is 0.725. The third-order valence-corrected chi connectivity index (χ3v) is 3.41. The minimum atomic E-state index is -0.425. The van der Waals surface area contributed by atoms with Crippen LogP contribution in [0.1, 0.15) is 19.3 Å². The lowest BCUT2D eigenvalue weighted by Crippen LogP contribution is -2.11. The van der Waals surface area contributed by atoms with Gasteiger partial charge in [-0.3, -0.25) is 16.0 Å². The molecule has 6 nitrogen and oxygen atoms in total. The number of nitro benzene ring substituents is 1. The van der Waals surface area contributed by atoms with E-state index >= 15 is 0 Å². The first kappa shape index (κ1) is 15.6. The van der Waals surface area contributed by atoms with Crippen molar-refractivity contribution < 1.29 is 4.92 Å². The fourth-order valence-corrected chi connectivity index (χ4v) is 2.26. The third-order valence-electron chi connectivity index (χ3n) is 2.71. The number of nitro groups is 1. The number of rotatable bonds is 9. The van der Waals surface area contributed by atoms with Gasteiger partial charge in [0.05, 0.1) is 4.92 Å². The molecule has 1 aromatic carbocycles. The predicted molar refractivity (Wildman–Crippen MR) is 81.6 cm³/mol. The van der Waals surface area contributed by atoms with Crippen molar-refractivity contribution in [1.82, 2.24) is 0 Å². The number of unbranched alkanes of at least 4 members (excludes halogenated alkanes) is 2. The minimum absolute atomic E-state index is 0.00545. The molecule has 0 aliphatic heterocycles. The standard InChI is InChI=1S/C12H20N4O2S/c1-19-9-4-2-3-8-14-10-6-5-7-11(15-13)12(10)16(17)18/h5-7,14-15H,2-4,8-9,13H2,1H3. The molecule has 0 aliphatic rings. The molecule has 0 saturated carbocycles. The van der Waals surface area contributed by atoms with Gasteiger partial charge in [-0.05, 0) is 37.0 Å². The number of anilines is 2. The van der Waals surface area contributed by atoms with Crippen molar-refractivity contribution in [2.45, 2.75) is 19.3 Å². The third kappa shape index (κ3) is 4.96. The summed E-state index contributed by atoms with van der Waals surface area (Å²) in [5.74, 6) is 6.44. The van der Waals surface area contributed by atoms with Crippen LogP contribution in [0.2, 0.25) is 0 Å². The molecule has 1 rings (SSSR count). The Morgan fingerprint density at radius 2 is 2.05 bits per heavy atom. The van der Waals surface area contributed by atoms with E-state index in [0.717, 1.165) is 25.1 Å². The van der Waals surface area contributed by atoms with Crippen LogP contribution in [0.15, 0.2) is 18.2 Å². The summed E-state index contributed by atoms with van der Waals surface area (Å²) < 4.78 is 0. The SMILES string of the molecule is CSCCCCCNc1cccc(NN)c1[N+](=O)[O-]. The lowest BCUT2D eigenvalue weighted by molar-refractivity contribution is -0.383. The Bertz CT molecular complexity index is 415. The van der Waals surface area contributed by atoms with Gasteiger partial charge in [-0.2, -0.15) is 11.8 Å². The van der Waals surface area contributed by atoms with Crippen molar-refractivity contribution in [3.05, 3.63) is 28.3 Å². The first-order valence-electron chi connectivity index (χ1n) is 6.17. The van der Waals surface area contributed by atoms with Gasteiger partial charge in [-0.15, -0.1) is 0 Å². The summed E-state index contributed by atoms with van der Waals surface area (Å²) >= 11 is 1.84. The molecule has 1 aromatic rings. The second kappa shape index (κ2) is 8.60. The number of nitrogen functional groups attached to an aromatic ring is 1. The molecule has 0 atom stereocenters. The van der Waals surface area contributed by atoms with Gasteiger partial charge in [-0.1, -0.05) is 12.5 Å². The lowest BCUT2D eigenvalue weighted by atomic mass is 10.2. The van der Waals surface area contributed by atoms with Crippen LogP contribution in [-0.4, -0.2) is 23.5 Å². The van der Waals surface area contributed by atoms with Crippen LogP contribution in [0.25, 0.3) is 0 Å². The van der Waals surface area contributed by atoms with Crippen molar-refractivity contribution >= 4 is 28.8 Å². The van der Waals surface area contributed by atoms with Crippen LogP contribution >= 0.6 is 11.8 Å². The van der Waals surface area contributed by atoms with Crippen LogP contribution < -0.4 is 16.6 Å². The van der Waals surface area contributed by atoms with E-state index in [1.54, 1.807) is 18.2 Å². The smallest absolute Gasteiger partial charge is 0.316 e. The maximum absolute atomic E-state index is 11.0. The largest absolute Gasteiger partial charge is 0.379 e. The fraction of sp³-hybridized carbons (Fsp3) is 0.500. The van der Waals surface area contributed by atoms with Crippen molar-refractivity contribution in [2.75, 3.05) is 29.3 Å². The average Bonchev–Trinajstić information content (AvgIpc) is 2.42. The van der Waals surface area contributed by atoms with Gasteiger partial charge in [-0.25, -0.2) is 0 Å². The maximum Gasteiger partial charge on any atom is 0.316 e. The van der Waals surface area contributed by atoms with Crippen molar-refractivity contribution in [3.8, 4) is 0 Å². The molecule has 0 aliphatic carbocycles. The van der Waals surface area contributed by atoms with Gasteiger partial charge in [0.1, 0.15) is 11.4 Å². The van der Waals surface area contributed by atoms with Crippen molar-refractivity contribution in [1.29, 1.82) is 0 Å². The Labute approximate surface area is 117 Å². The summed E-state index contributed by atoms with van der Waals surface area (Å²) in [6.07, 6.45) is 5.39. The average molecular weight is 284 g/mol. The van der Waals surface area contributed by atoms with Gasteiger partial charge in [0.15, 0.2) is 0 Å². The molecule has 0 aromatic heterocycles. The summed E-state index contributed by atoms with van der Waals surface area (Å²) in [5, 5.41) is 14.1. The number of nitrogens with zero attached hydrogens (tertiary/aromatic N) is 1. The van der Waals surface area contributed by atoms with Crippen LogP contribution in [0.4, 0.5) is 17.1 Å². The zero-order chi connectivity index (χ0) is 14.1. The molecule has 0 bridgehead atoms. The Morgan fingerprint density at radius 1 is 1.32 bits per heavy atom. The Morgan fingerprint density at radius 3 is 2.68 bits per heavy atom. The number of benzene rings is 1. The fourth-order valence-electron chi connectivity index (χ4n) is 1.77. The molecular weight excluding hydrogens is 264 g/mol. The van der Waals surface area contributed by atoms with Crippen LogP contribution in [-0.2, 0) is 0 Å². The van der Waals surface area contributed by atoms with E-state index in [9.17, 15) is 10.1 Å². The van der Waals surface area contributed by atoms with Gasteiger partial charge in [0.2, 0.25) is 0 Å². The highest BCUT2D eigenvalue weighted by Crippen LogP contribution is 2.32. The summed E-state index contributed by atoms with van der Waals surface area (Å²) in [7, 11) is 0. The van der Waals surface area contributed by atoms with E-state index < -0.39 is 4.92 Å². The number of thioether (sulfide) groups is 1. The van der Waals surface area contributed by atoms with E-state index in [0.29, 0.717) is 11.4 Å². The molecule has 0 saturated heterocycles. The number of nitrogens with one attached hydrogen (secondary N) is 2. The van der Waals surface area contributed by atoms with E-state index in [1.807, 2.05) is 11.8 Å². The molecule has 7 heteroatoms. The van der Waals surface area contributed by atoms with E-state index in [1.165, 1.54) is 6.42 Å². The van der Waals surface area contributed by atoms with Crippen LogP contribution in [0.5, 0.6) is 0 Å². The topological polar surface area (TPSA) is 93.2 Å². The Hall–Kier alpha value is -1.47. The van der Waals surface area contributed by atoms with Crippen LogP contribution in [0.3, 0.4) is 0 Å². The summed E-state index contributed by atoms with van der Waals surface area (Å²) in [4.78, 5) is 10.6. The van der Waals surface area contributed by atoms with Crippen molar-refractivity contribution in [3.63, 3.8) is 0 Å². The molecule has 0 amide bonds. The highest BCUT2D eigenvalue weighted by molar-refractivity contribution is 7.98. The molecule has 0 spiro atoms. The molecule has 0 heterocycles. The quantitative estimate of drug-likeness (QED) is 0.279. The first-order valence-corrected chi connectivity index (χ1v) is 7.57. The van der Waals surface area contributed by atoms with Gasteiger partial charge in [0.25, 0.3) is 0 Å². The van der Waals surface area contributed by atoms with Crippen LogP contribution in [0, 0.1) is 10.1 Å². The molecule has 0 fully saturated rings. The second-order valence-corrected chi connectivity index (χ2v) is 5.07. The highest BCUT2D eigenvalue weighted by Gasteiger charge is 2.18.